The van der Waals surface area contributed by atoms with Gasteiger partial charge in [-0.15, -0.1) is 11.8 Å². The number of amides is 2. The van der Waals surface area contributed by atoms with Crippen molar-refractivity contribution in [1.82, 2.24) is 5.32 Å². The molecule has 5 rings (SSSR count). The molecule has 48 heavy (non-hydrogen) atoms. The van der Waals surface area contributed by atoms with E-state index in [1.54, 1.807) is 60.7 Å². The number of thioether (sulfide) groups is 1. The summed E-state index contributed by atoms with van der Waals surface area (Å²) in [6, 6.07) is 36.7. The summed E-state index contributed by atoms with van der Waals surface area (Å²) in [4.78, 5) is 40.6. The van der Waals surface area contributed by atoms with Gasteiger partial charge in [0.1, 0.15) is 5.70 Å². The molecule has 0 aromatic heterocycles. The first-order valence-electron chi connectivity index (χ1n) is 15.0. The number of ketones is 1. The zero-order valence-corrected chi connectivity index (χ0v) is 27.5. The number of benzene rings is 5. The normalized spacial score (nSPS) is 10.9. The largest absolute Gasteiger partial charge is 0.493 e. The van der Waals surface area contributed by atoms with Crippen molar-refractivity contribution >= 4 is 41.1 Å². The summed E-state index contributed by atoms with van der Waals surface area (Å²) in [5.41, 5.74) is 4.16. The topological polar surface area (TPSA) is 103 Å². The summed E-state index contributed by atoms with van der Waals surface area (Å²) in [5.74, 6) is 0.393. The highest BCUT2D eigenvalue weighted by Crippen LogP contribution is 2.38. The predicted molar refractivity (Wildman–Crippen MR) is 190 cm³/mol. The smallest absolute Gasteiger partial charge is 0.272 e. The van der Waals surface area contributed by atoms with Crippen LogP contribution in [0.4, 0.5) is 5.69 Å². The zero-order valence-electron chi connectivity index (χ0n) is 26.7. The fourth-order valence-electron chi connectivity index (χ4n) is 4.87. The van der Waals surface area contributed by atoms with Gasteiger partial charge in [0.05, 0.1) is 27.1 Å². The molecule has 0 aliphatic rings. The van der Waals surface area contributed by atoms with Crippen LogP contribution in [0.5, 0.6) is 17.2 Å². The second kappa shape index (κ2) is 16.2. The van der Waals surface area contributed by atoms with Crippen LogP contribution in [0.3, 0.4) is 0 Å². The summed E-state index contributed by atoms with van der Waals surface area (Å²) in [7, 11) is 4.49. The maximum absolute atomic E-state index is 13.7. The molecule has 0 aliphatic heterocycles. The lowest BCUT2D eigenvalue weighted by molar-refractivity contribution is -0.113. The molecular formula is C39H34N2O6S. The van der Waals surface area contributed by atoms with Gasteiger partial charge in [-0.1, -0.05) is 78.9 Å². The van der Waals surface area contributed by atoms with E-state index in [1.165, 1.54) is 39.2 Å². The number of nitrogens with one attached hydrogen (secondary N) is 2. The van der Waals surface area contributed by atoms with Gasteiger partial charge >= 0.3 is 0 Å². The van der Waals surface area contributed by atoms with Crippen LogP contribution in [-0.4, -0.2) is 44.7 Å². The molecule has 0 atom stereocenters. The van der Waals surface area contributed by atoms with Crippen molar-refractivity contribution in [3.8, 4) is 28.4 Å². The number of rotatable bonds is 13. The molecule has 8 nitrogen and oxygen atoms in total. The van der Waals surface area contributed by atoms with Gasteiger partial charge in [0, 0.05) is 21.7 Å². The van der Waals surface area contributed by atoms with Gasteiger partial charge in [0.2, 0.25) is 5.75 Å². The summed E-state index contributed by atoms with van der Waals surface area (Å²) in [5, 5.41) is 5.61. The van der Waals surface area contributed by atoms with Gasteiger partial charge in [-0.3, -0.25) is 14.4 Å². The van der Waals surface area contributed by atoms with Crippen molar-refractivity contribution in [3.05, 3.63) is 144 Å². The summed E-state index contributed by atoms with van der Waals surface area (Å²) in [6.07, 6.45) is 1.53. The molecule has 0 saturated carbocycles. The predicted octanol–water partition coefficient (Wildman–Crippen LogP) is 7.76. The Bertz CT molecular complexity index is 1900. The first kappa shape index (κ1) is 33.6. The minimum absolute atomic E-state index is 0.00626. The van der Waals surface area contributed by atoms with Crippen molar-refractivity contribution in [2.75, 3.05) is 32.4 Å². The van der Waals surface area contributed by atoms with Crippen LogP contribution in [0.1, 0.15) is 26.3 Å². The molecule has 0 aliphatic carbocycles. The Labute approximate surface area is 283 Å². The van der Waals surface area contributed by atoms with Crippen molar-refractivity contribution in [1.29, 1.82) is 0 Å². The van der Waals surface area contributed by atoms with Crippen molar-refractivity contribution in [2.24, 2.45) is 0 Å². The SMILES string of the molecule is COc1cc(/C=C(\NC(=O)c2ccccc2)C(=O)Nc2cccc(SCC(=O)c3ccc(-c4ccccc4)cc3)c2)cc(OC)c1OC. The van der Waals surface area contributed by atoms with Gasteiger partial charge in [0.25, 0.3) is 11.8 Å². The third-order valence-electron chi connectivity index (χ3n) is 7.30. The number of ether oxygens (including phenoxy) is 3. The van der Waals surface area contributed by atoms with Crippen LogP contribution < -0.4 is 24.8 Å². The molecule has 242 valence electrons. The maximum atomic E-state index is 13.7. The minimum atomic E-state index is -0.551. The van der Waals surface area contributed by atoms with E-state index >= 15 is 0 Å². The van der Waals surface area contributed by atoms with Crippen LogP contribution in [-0.2, 0) is 4.79 Å². The van der Waals surface area contributed by atoms with E-state index in [9.17, 15) is 14.4 Å². The number of Topliss-reactive ketones (excluding diaryl/α,β-unsaturated/α-hetero) is 1. The Kier molecular flexibility index (Phi) is 11.3. The van der Waals surface area contributed by atoms with Gasteiger partial charge in [-0.2, -0.15) is 0 Å². The summed E-state index contributed by atoms with van der Waals surface area (Å²) >= 11 is 1.37. The zero-order chi connectivity index (χ0) is 33.9. The Hall–Kier alpha value is -5.80. The average molecular weight is 659 g/mol. The third-order valence-corrected chi connectivity index (χ3v) is 8.30. The van der Waals surface area contributed by atoms with E-state index in [-0.39, 0.29) is 17.2 Å². The van der Waals surface area contributed by atoms with E-state index in [1.807, 2.05) is 60.7 Å². The molecule has 0 saturated heterocycles. The lowest BCUT2D eigenvalue weighted by atomic mass is 10.0. The Morgan fingerprint density at radius 3 is 1.92 bits per heavy atom. The first-order chi connectivity index (χ1) is 23.4. The second-order valence-electron chi connectivity index (χ2n) is 10.5. The number of carbonyl (C=O) groups is 3. The average Bonchev–Trinajstić information content (AvgIpc) is 3.14. The highest BCUT2D eigenvalue weighted by atomic mass is 32.2. The fourth-order valence-corrected chi connectivity index (χ4v) is 5.72. The molecule has 5 aromatic rings. The second-order valence-corrected chi connectivity index (χ2v) is 11.5. The van der Waals surface area contributed by atoms with Gasteiger partial charge in [-0.25, -0.2) is 0 Å². The number of hydrogen-bond donors (Lipinski definition) is 2. The Balaban J connectivity index is 1.32. The highest BCUT2D eigenvalue weighted by molar-refractivity contribution is 8.00. The van der Waals surface area contributed by atoms with E-state index in [4.69, 9.17) is 14.2 Å². The van der Waals surface area contributed by atoms with Gasteiger partial charge < -0.3 is 24.8 Å². The van der Waals surface area contributed by atoms with Crippen LogP contribution >= 0.6 is 11.8 Å². The monoisotopic (exact) mass is 658 g/mol. The number of hydrogen-bond acceptors (Lipinski definition) is 7. The Morgan fingerprint density at radius 1 is 0.667 bits per heavy atom. The molecule has 0 spiro atoms. The quantitative estimate of drug-likeness (QED) is 0.0757. The first-order valence-corrected chi connectivity index (χ1v) is 16.0. The van der Waals surface area contributed by atoms with Crippen molar-refractivity contribution in [2.45, 2.75) is 4.90 Å². The maximum Gasteiger partial charge on any atom is 0.272 e. The van der Waals surface area contributed by atoms with E-state index in [2.05, 4.69) is 10.6 Å². The lowest BCUT2D eigenvalue weighted by Crippen LogP contribution is -2.30. The van der Waals surface area contributed by atoms with Crippen LogP contribution in [0.25, 0.3) is 17.2 Å². The van der Waals surface area contributed by atoms with Gasteiger partial charge in [0.15, 0.2) is 17.3 Å². The highest BCUT2D eigenvalue weighted by Gasteiger charge is 2.18. The Morgan fingerprint density at radius 2 is 1.29 bits per heavy atom. The molecule has 0 heterocycles. The lowest BCUT2D eigenvalue weighted by Gasteiger charge is -2.15. The molecule has 5 aromatic carbocycles. The molecule has 2 N–H and O–H groups in total. The van der Waals surface area contributed by atoms with E-state index in [0.717, 1.165) is 16.0 Å². The summed E-state index contributed by atoms with van der Waals surface area (Å²) < 4.78 is 16.3. The van der Waals surface area contributed by atoms with E-state index in [0.29, 0.717) is 39.6 Å². The van der Waals surface area contributed by atoms with Crippen LogP contribution in [0, 0.1) is 0 Å². The minimum Gasteiger partial charge on any atom is -0.493 e. The standard InChI is InChI=1S/C39H34N2O6S/c1-45-35-22-26(23-36(46-2)37(35)47-3)21-33(41-38(43)30-13-8-5-9-14-30)39(44)40-31-15-10-16-32(24-31)48-25-34(42)29-19-17-28(18-20-29)27-11-6-4-7-12-27/h4-24H,25H2,1-3H3,(H,40,44)(H,41,43)/b33-21-. The van der Waals surface area contributed by atoms with Crippen molar-refractivity contribution < 1.29 is 28.6 Å². The number of carbonyl (C=O) groups excluding carboxylic acids is 3. The number of anilines is 1. The fraction of sp³-hybridized carbons (Fsp3) is 0.103. The molecule has 0 fully saturated rings. The van der Waals surface area contributed by atoms with Crippen LogP contribution in [0.2, 0.25) is 0 Å². The molecule has 0 unspecified atom stereocenters. The molecular weight excluding hydrogens is 625 g/mol. The van der Waals surface area contributed by atoms with Crippen molar-refractivity contribution in [3.63, 3.8) is 0 Å². The van der Waals surface area contributed by atoms with Gasteiger partial charge in [-0.05, 0) is 65.2 Å². The van der Waals surface area contributed by atoms with E-state index < -0.39 is 11.8 Å². The summed E-state index contributed by atoms with van der Waals surface area (Å²) in [6.45, 7) is 0. The molecule has 0 bridgehead atoms. The third kappa shape index (κ3) is 8.51. The molecule has 9 heteroatoms. The molecule has 0 radical (unpaired) electrons. The number of methoxy groups -OCH3 is 3. The van der Waals surface area contributed by atoms with Crippen LogP contribution in [0.15, 0.2) is 132 Å². The molecule has 2 amide bonds.